The van der Waals surface area contributed by atoms with Crippen LogP contribution in [0.25, 0.3) is 0 Å². The first-order valence-corrected chi connectivity index (χ1v) is 6.45. The summed E-state index contributed by atoms with van der Waals surface area (Å²) >= 11 is 1.62. The Morgan fingerprint density at radius 3 is 2.73 bits per heavy atom. The van der Waals surface area contributed by atoms with E-state index in [9.17, 15) is 5.11 Å². The van der Waals surface area contributed by atoms with Gasteiger partial charge in [-0.2, -0.15) is 0 Å². The third-order valence-electron chi connectivity index (χ3n) is 2.37. The first kappa shape index (κ1) is 12.5. The number of anilines is 1. The van der Waals surface area contributed by atoms with Gasteiger partial charge in [0.05, 0.1) is 11.8 Å². The van der Waals surface area contributed by atoms with Gasteiger partial charge in [0.2, 0.25) is 0 Å². The van der Waals surface area contributed by atoms with Gasteiger partial charge >= 0.3 is 0 Å². The standard InChI is InChI=1S/C11H20N2OS/c1-4-6-7-13(5-2)11-12-10(8-15-11)9(3)14/h8-9,14H,4-7H2,1-3H3. The number of hydrogen-bond donors (Lipinski definition) is 1. The Hall–Kier alpha value is -0.610. The topological polar surface area (TPSA) is 36.4 Å². The molecule has 0 radical (unpaired) electrons. The number of aromatic nitrogens is 1. The van der Waals surface area contributed by atoms with E-state index in [0.29, 0.717) is 0 Å². The molecule has 1 aromatic heterocycles. The lowest BCUT2D eigenvalue weighted by Gasteiger charge is -2.19. The third-order valence-corrected chi connectivity index (χ3v) is 3.29. The zero-order valence-corrected chi connectivity index (χ0v) is 10.5. The van der Waals surface area contributed by atoms with Gasteiger partial charge in [0.15, 0.2) is 5.13 Å². The van der Waals surface area contributed by atoms with E-state index in [-0.39, 0.29) is 0 Å². The van der Waals surface area contributed by atoms with Gasteiger partial charge in [-0.15, -0.1) is 11.3 Å². The summed E-state index contributed by atoms with van der Waals surface area (Å²) < 4.78 is 0. The molecule has 1 atom stereocenters. The monoisotopic (exact) mass is 228 g/mol. The summed E-state index contributed by atoms with van der Waals surface area (Å²) in [6.45, 7) is 8.11. The molecule has 0 fully saturated rings. The van der Waals surface area contributed by atoms with Crippen LogP contribution in [0.15, 0.2) is 5.38 Å². The van der Waals surface area contributed by atoms with Gasteiger partial charge in [0, 0.05) is 18.5 Å². The summed E-state index contributed by atoms with van der Waals surface area (Å²) in [6, 6.07) is 0. The Morgan fingerprint density at radius 1 is 1.53 bits per heavy atom. The smallest absolute Gasteiger partial charge is 0.185 e. The average molecular weight is 228 g/mol. The van der Waals surface area contributed by atoms with E-state index in [0.717, 1.165) is 23.9 Å². The van der Waals surface area contributed by atoms with E-state index < -0.39 is 6.10 Å². The van der Waals surface area contributed by atoms with Crippen LogP contribution < -0.4 is 4.90 Å². The highest BCUT2D eigenvalue weighted by Gasteiger charge is 2.11. The summed E-state index contributed by atoms with van der Waals surface area (Å²) in [4.78, 5) is 6.69. The summed E-state index contributed by atoms with van der Waals surface area (Å²) in [6.07, 6.45) is 1.93. The number of rotatable bonds is 6. The fourth-order valence-corrected chi connectivity index (χ4v) is 2.35. The van der Waals surface area contributed by atoms with E-state index in [2.05, 4.69) is 23.7 Å². The quantitative estimate of drug-likeness (QED) is 0.813. The molecule has 0 aliphatic heterocycles. The van der Waals surface area contributed by atoms with Crippen LogP contribution >= 0.6 is 11.3 Å². The van der Waals surface area contributed by atoms with Crippen molar-refractivity contribution in [3.05, 3.63) is 11.1 Å². The lowest BCUT2D eigenvalue weighted by Crippen LogP contribution is -2.23. The molecular formula is C11H20N2OS. The molecule has 1 heterocycles. The third kappa shape index (κ3) is 3.47. The molecule has 0 saturated heterocycles. The normalized spacial score (nSPS) is 12.8. The fourth-order valence-electron chi connectivity index (χ4n) is 1.35. The second-order valence-electron chi connectivity index (χ2n) is 3.66. The zero-order chi connectivity index (χ0) is 11.3. The summed E-state index contributed by atoms with van der Waals surface area (Å²) in [5, 5.41) is 12.4. The first-order chi connectivity index (χ1) is 7.19. The molecule has 1 rings (SSSR count). The van der Waals surface area contributed by atoms with Crippen LogP contribution in [-0.4, -0.2) is 23.2 Å². The van der Waals surface area contributed by atoms with E-state index in [1.807, 2.05) is 5.38 Å². The molecule has 1 unspecified atom stereocenters. The van der Waals surface area contributed by atoms with Crippen molar-refractivity contribution in [2.45, 2.75) is 39.7 Å². The molecule has 1 N–H and O–H groups in total. The predicted octanol–water partition coefficient (Wildman–Crippen LogP) is 2.82. The highest BCUT2D eigenvalue weighted by atomic mass is 32.1. The van der Waals surface area contributed by atoms with E-state index >= 15 is 0 Å². The number of nitrogens with zero attached hydrogens (tertiary/aromatic N) is 2. The van der Waals surface area contributed by atoms with Gasteiger partial charge in [-0.25, -0.2) is 4.98 Å². The largest absolute Gasteiger partial charge is 0.387 e. The van der Waals surface area contributed by atoms with Gasteiger partial charge in [-0.05, 0) is 20.3 Å². The number of hydrogen-bond acceptors (Lipinski definition) is 4. The Kier molecular flexibility index (Phi) is 5.05. The second kappa shape index (κ2) is 6.08. The minimum absolute atomic E-state index is 0.458. The Labute approximate surface area is 95.8 Å². The molecule has 0 aromatic carbocycles. The maximum Gasteiger partial charge on any atom is 0.185 e. The number of thiazole rings is 1. The Balaban J connectivity index is 2.65. The van der Waals surface area contributed by atoms with E-state index in [1.165, 1.54) is 12.8 Å². The van der Waals surface area contributed by atoms with Crippen LogP contribution in [0.5, 0.6) is 0 Å². The van der Waals surface area contributed by atoms with Gasteiger partial charge < -0.3 is 10.0 Å². The van der Waals surface area contributed by atoms with Crippen molar-refractivity contribution in [2.24, 2.45) is 0 Å². The van der Waals surface area contributed by atoms with Crippen molar-refractivity contribution in [2.75, 3.05) is 18.0 Å². The highest BCUT2D eigenvalue weighted by Crippen LogP contribution is 2.24. The van der Waals surface area contributed by atoms with Crippen molar-refractivity contribution >= 4 is 16.5 Å². The molecule has 15 heavy (non-hydrogen) atoms. The first-order valence-electron chi connectivity index (χ1n) is 5.57. The van der Waals surface area contributed by atoms with Crippen molar-refractivity contribution in [3.8, 4) is 0 Å². The van der Waals surface area contributed by atoms with Crippen LogP contribution in [0.1, 0.15) is 45.4 Å². The molecule has 4 heteroatoms. The zero-order valence-electron chi connectivity index (χ0n) is 9.73. The molecule has 3 nitrogen and oxygen atoms in total. The Morgan fingerprint density at radius 2 is 2.27 bits per heavy atom. The predicted molar refractivity (Wildman–Crippen MR) is 65.5 cm³/mol. The number of aliphatic hydroxyl groups is 1. The van der Waals surface area contributed by atoms with Gasteiger partial charge in [-0.3, -0.25) is 0 Å². The molecule has 0 saturated carbocycles. The number of unbranched alkanes of at least 4 members (excludes halogenated alkanes) is 1. The fraction of sp³-hybridized carbons (Fsp3) is 0.727. The minimum atomic E-state index is -0.458. The van der Waals surface area contributed by atoms with Crippen molar-refractivity contribution < 1.29 is 5.11 Å². The van der Waals surface area contributed by atoms with Crippen molar-refractivity contribution in [1.82, 2.24) is 4.98 Å². The van der Waals surface area contributed by atoms with Crippen molar-refractivity contribution in [3.63, 3.8) is 0 Å². The van der Waals surface area contributed by atoms with E-state index in [1.54, 1.807) is 18.3 Å². The highest BCUT2D eigenvalue weighted by molar-refractivity contribution is 7.13. The summed E-state index contributed by atoms with van der Waals surface area (Å²) in [5.74, 6) is 0. The molecule has 0 bridgehead atoms. The van der Waals surface area contributed by atoms with Gasteiger partial charge in [0.25, 0.3) is 0 Å². The van der Waals surface area contributed by atoms with Crippen LogP contribution in [0.3, 0.4) is 0 Å². The van der Waals surface area contributed by atoms with Gasteiger partial charge in [0.1, 0.15) is 0 Å². The molecule has 0 aliphatic carbocycles. The maximum absolute atomic E-state index is 9.39. The van der Waals surface area contributed by atoms with Crippen LogP contribution in [-0.2, 0) is 0 Å². The van der Waals surface area contributed by atoms with Crippen LogP contribution in [0.2, 0.25) is 0 Å². The molecule has 1 aromatic rings. The molecule has 0 aliphatic rings. The average Bonchev–Trinajstić information content (AvgIpc) is 2.68. The second-order valence-corrected chi connectivity index (χ2v) is 4.50. The van der Waals surface area contributed by atoms with Crippen molar-refractivity contribution in [1.29, 1.82) is 0 Å². The van der Waals surface area contributed by atoms with Crippen LogP contribution in [0, 0.1) is 0 Å². The molecule has 0 spiro atoms. The van der Waals surface area contributed by atoms with Crippen LogP contribution in [0.4, 0.5) is 5.13 Å². The lowest BCUT2D eigenvalue weighted by atomic mass is 10.3. The summed E-state index contributed by atoms with van der Waals surface area (Å²) in [5.41, 5.74) is 0.782. The number of aliphatic hydroxyl groups excluding tert-OH is 1. The SMILES string of the molecule is CCCCN(CC)c1nc(C(C)O)cs1. The van der Waals surface area contributed by atoms with E-state index in [4.69, 9.17) is 0 Å². The molecule has 86 valence electrons. The molecular weight excluding hydrogens is 208 g/mol. The maximum atomic E-state index is 9.39. The lowest BCUT2D eigenvalue weighted by molar-refractivity contribution is 0.195. The Bertz CT molecular complexity index is 286. The summed E-state index contributed by atoms with van der Waals surface area (Å²) in [7, 11) is 0. The minimum Gasteiger partial charge on any atom is -0.387 e. The van der Waals surface area contributed by atoms with Gasteiger partial charge in [-0.1, -0.05) is 13.3 Å². The molecule has 0 amide bonds.